The highest BCUT2D eigenvalue weighted by Crippen LogP contribution is 2.25. The van der Waals surface area contributed by atoms with Gasteiger partial charge < -0.3 is 16.4 Å². The van der Waals surface area contributed by atoms with E-state index in [4.69, 9.17) is 11.5 Å². The molecule has 0 radical (unpaired) electrons. The van der Waals surface area contributed by atoms with E-state index in [2.05, 4.69) is 0 Å². The smallest absolute Gasteiger partial charge is 0.237 e. The lowest BCUT2D eigenvalue weighted by atomic mass is 10.0. The Morgan fingerprint density at radius 2 is 1.94 bits per heavy atom. The minimum Gasteiger partial charge on any atom is -0.368 e. The van der Waals surface area contributed by atoms with Gasteiger partial charge in [-0.05, 0) is 32.2 Å². The molecule has 1 atom stereocenters. The van der Waals surface area contributed by atoms with Crippen LogP contribution in [0.1, 0.15) is 45.4 Å². The first-order valence-electron chi connectivity index (χ1n) is 6.85. The molecule has 0 aromatic heterocycles. The van der Waals surface area contributed by atoms with E-state index in [1.54, 1.807) is 4.90 Å². The zero-order valence-electron chi connectivity index (χ0n) is 11.2. The number of rotatable bonds is 7. The van der Waals surface area contributed by atoms with Crippen molar-refractivity contribution < 1.29 is 9.59 Å². The number of hydrogen-bond donors (Lipinski definition) is 2. The molecule has 0 heterocycles. The van der Waals surface area contributed by atoms with Crippen LogP contribution in [0.25, 0.3) is 0 Å². The van der Waals surface area contributed by atoms with E-state index in [1.165, 1.54) is 0 Å². The van der Waals surface area contributed by atoms with Gasteiger partial charge in [-0.25, -0.2) is 0 Å². The number of primary amides is 1. The van der Waals surface area contributed by atoms with Crippen LogP contribution < -0.4 is 11.5 Å². The van der Waals surface area contributed by atoms with Crippen molar-refractivity contribution in [2.75, 3.05) is 13.1 Å². The molecular weight excluding hydrogens is 230 g/mol. The first-order chi connectivity index (χ1) is 8.56. The Kier molecular flexibility index (Phi) is 6.12. The first kappa shape index (κ1) is 15.0. The van der Waals surface area contributed by atoms with E-state index in [9.17, 15) is 9.59 Å². The van der Waals surface area contributed by atoms with Gasteiger partial charge in [0, 0.05) is 12.0 Å². The third kappa shape index (κ3) is 4.29. The molecular formula is C13H25N3O2. The highest BCUT2D eigenvalue weighted by atomic mass is 16.2. The molecule has 1 rings (SSSR count). The maximum absolute atomic E-state index is 12.3. The fourth-order valence-electron chi connectivity index (χ4n) is 2.60. The largest absolute Gasteiger partial charge is 0.368 e. The fourth-order valence-corrected chi connectivity index (χ4v) is 2.60. The Hall–Kier alpha value is -1.10. The average molecular weight is 255 g/mol. The maximum atomic E-state index is 12.3. The van der Waals surface area contributed by atoms with Gasteiger partial charge in [0.15, 0.2) is 0 Å². The summed E-state index contributed by atoms with van der Waals surface area (Å²) in [7, 11) is 0. The van der Waals surface area contributed by atoms with Crippen molar-refractivity contribution in [2.24, 2.45) is 17.4 Å². The second-order valence-electron chi connectivity index (χ2n) is 5.20. The van der Waals surface area contributed by atoms with Crippen LogP contribution in [0.15, 0.2) is 0 Å². The molecule has 0 saturated heterocycles. The molecule has 0 bridgehead atoms. The molecule has 0 spiro atoms. The molecule has 5 nitrogen and oxygen atoms in total. The highest BCUT2D eigenvalue weighted by Gasteiger charge is 2.30. The van der Waals surface area contributed by atoms with Crippen LogP contribution in [0.2, 0.25) is 0 Å². The molecule has 1 fully saturated rings. The predicted molar refractivity (Wildman–Crippen MR) is 70.6 cm³/mol. The molecule has 4 N–H and O–H groups in total. The summed E-state index contributed by atoms with van der Waals surface area (Å²) in [4.78, 5) is 25.2. The van der Waals surface area contributed by atoms with Crippen molar-refractivity contribution in [3.63, 3.8) is 0 Å². The predicted octanol–water partition coefficient (Wildman–Crippen LogP) is 0.618. The molecule has 1 saturated carbocycles. The third-order valence-electron chi connectivity index (χ3n) is 3.64. The number of nitrogens with zero attached hydrogens (tertiary/aromatic N) is 1. The fraction of sp³-hybridized carbons (Fsp3) is 0.846. The summed E-state index contributed by atoms with van der Waals surface area (Å²) in [5, 5.41) is 0. The third-order valence-corrected chi connectivity index (χ3v) is 3.64. The summed E-state index contributed by atoms with van der Waals surface area (Å²) in [6.45, 7) is 2.55. The van der Waals surface area contributed by atoms with Gasteiger partial charge in [0.05, 0.1) is 6.54 Å². The van der Waals surface area contributed by atoms with Crippen LogP contribution >= 0.6 is 0 Å². The van der Waals surface area contributed by atoms with Crippen molar-refractivity contribution >= 4 is 11.8 Å². The van der Waals surface area contributed by atoms with E-state index in [0.29, 0.717) is 6.54 Å². The number of nitrogens with two attached hydrogens (primary N) is 2. The van der Waals surface area contributed by atoms with E-state index in [0.717, 1.165) is 38.5 Å². The van der Waals surface area contributed by atoms with Gasteiger partial charge in [0.25, 0.3) is 0 Å². The lowest BCUT2D eigenvalue weighted by Gasteiger charge is -2.30. The van der Waals surface area contributed by atoms with Gasteiger partial charge in [-0.2, -0.15) is 0 Å². The normalized spacial score (nSPS) is 17.7. The van der Waals surface area contributed by atoms with Crippen LogP contribution in [-0.2, 0) is 9.59 Å². The Labute approximate surface area is 109 Å². The summed E-state index contributed by atoms with van der Waals surface area (Å²) >= 11 is 0. The minimum absolute atomic E-state index is 0.0501. The maximum Gasteiger partial charge on any atom is 0.237 e. The highest BCUT2D eigenvalue weighted by molar-refractivity contribution is 5.85. The molecule has 0 aromatic carbocycles. The molecule has 2 amide bonds. The second-order valence-corrected chi connectivity index (χ2v) is 5.20. The molecule has 104 valence electrons. The number of amides is 2. The molecule has 1 aliphatic rings. The Balaban J connectivity index is 2.62. The van der Waals surface area contributed by atoms with E-state index >= 15 is 0 Å². The summed E-state index contributed by atoms with van der Waals surface area (Å²) in [5.41, 5.74) is 10.7. The molecule has 18 heavy (non-hydrogen) atoms. The second kappa shape index (κ2) is 7.36. The zero-order valence-corrected chi connectivity index (χ0v) is 11.2. The Bertz CT molecular complexity index is 288. The lowest BCUT2D eigenvalue weighted by molar-refractivity contribution is -0.140. The van der Waals surface area contributed by atoms with Crippen LogP contribution in [0, 0.1) is 5.92 Å². The monoisotopic (exact) mass is 255 g/mol. The van der Waals surface area contributed by atoms with E-state index in [-0.39, 0.29) is 24.4 Å². The number of hydrogen-bond acceptors (Lipinski definition) is 3. The summed E-state index contributed by atoms with van der Waals surface area (Å²) in [6, 6.07) is 0.199. The van der Waals surface area contributed by atoms with Gasteiger partial charge in [0.2, 0.25) is 11.8 Å². The number of carbonyl (C=O) groups excluding carboxylic acids is 2. The summed E-state index contributed by atoms with van der Waals surface area (Å²) in [6.07, 6.45) is 5.85. The van der Waals surface area contributed by atoms with Crippen molar-refractivity contribution in [3.05, 3.63) is 0 Å². The van der Waals surface area contributed by atoms with Crippen LogP contribution in [0.4, 0.5) is 0 Å². The van der Waals surface area contributed by atoms with Gasteiger partial charge in [-0.3, -0.25) is 9.59 Å². The van der Waals surface area contributed by atoms with Crippen LogP contribution in [0.3, 0.4) is 0 Å². The average Bonchev–Trinajstić information content (AvgIpc) is 2.85. The summed E-state index contributed by atoms with van der Waals surface area (Å²) < 4.78 is 0. The minimum atomic E-state index is -0.429. The van der Waals surface area contributed by atoms with Crippen molar-refractivity contribution in [3.8, 4) is 0 Å². The van der Waals surface area contributed by atoms with Crippen molar-refractivity contribution in [2.45, 2.75) is 51.5 Å². The molecule has 5 heteroatoms. The quantitative estimate of drug-likeness (QED) is 0.698. The lowest BCUT2D eigenvalue weighted by Crippen LogP contribution is -2.46. The molecule has 0 aliphatic heterocycles. The van der Waals surface area contributed by atoms with Gasteiger partial charge in [-0.1, -0.05) is 19.8 Å². The van der Waals surface area contributed by atoms with E-state index < -0.39 is 5.91 Å². The van der Waals surface area contributed by atoms with Crippen LogP contribution in [0.5, 0.6) is 0 Å². The number of carbonyl (C=O) groups is 2. The van der Waals surface area contributed by atoms with Crippen molar-refractivity contribution in [1.29, 1.82) is 0 Å². The van der Waals surface area contributed by atoms with Gasteiger partial charge in [-0.15, -0.1) is 0 Å². The first-order valence-corrected chi connectivity index (χ1v) is 6.85. The van der Waals surface area contributed by atoms with Crippen LogP contribution in [-0.4, -0.2) is 35.8 Å². The Morgan fingerprint density at radius 3 is 2.44 bits per heavy atom. The molecule has 0 aromatic rings. The van der Waals surface area contributed by atoms with E-state index in [1.807, 2.05) is 6.92 Å². The van der Waals surface area contributed by atoms with Gasteiger partial charge in [0.1, 0.15) is 0 Å². The SMILES string of the molecule is CC(CCCN)C(=O)N(CC(N)=O)C1CCCC1. The zero-order chi connectivity index (χ0) is 13.5. The molecule has 1 aliphatic carbocycles. The topological polar surface area (TPSA) is 89.4 Å². The molecule has 1 unspecified atom stereocenters. The van der Waals surface area contributed by atoms with Crippen molar-refractivity contribution in [1.82, 2.24) is 4.90 Å². The van der Waals surface area contributed by atoms with Gasteiger partial charge >= 0.3 is 0 Å². The Morgan fingerprint density at radius 1 is 1.33 bits per heavy atom. The standard InChI is InChI=1S/C13H25N3O2/c1-10(5-4-8-14)13(18)16(9-12(15)17)11-6-2-3-7-11/h10-11H,2-9,14H2,1H3,(H2,15,17). The summed E-state index contributed by atoms with van der Waals surface area (Å²) in [5.74, 6) is -0.455.